The summed E-state index contributed by atoms with van der Waals surface area (Å²) in [4.78, 5) is 107. The van der Waals surface area contributed by atoms with E-state index in [1.54, 1.807) is 37.7 Å². The van der Waals surface area contributed by atoms with E-state index in [1.165, 1.54) is 34.1 Å². The first-order chi connectivity index (χ1) is 31.0. The van der Waals surface area contributed by atoms with Crippen LogP contribution >= 0.6 is 0 Å². The van der Waals surface area contributed by atoms with E-state index in [1.807, 2.05) is 18.2 Å². The molecule has 0 bridgehead atoms. The molecule has 4 aliphatic heterocycles. The van der Waals surface area contributed by atoms with E-state index in [0.29, 0.717) is 25.9 Å². The Labute approximate surface area is 379 Å². The molecule has 4 heterocycles. The number of hydrogen-bond acceptors (Lipinski definition) is 13. The summed E-state index contributed by atoms with van der Waals surface area (Å²) in [5.41, 5.74) is -1.75. The van der Waals surface area contributed by atoms with E-state index in [0.717, 1.165) is 38.5 Å². The summed E-state index contributed by atoms with van der Waals surface area (Å²) in [5.74, 6) is -1.91. The molecule has 4 fully saturated rings. The number of non-ortho nitro benzene ring substituents is 1. The van der Waals surface area contributed by atoms with E-state index < -0.39 is 52.0 Å². The van der Waals surface area contributed by atoms with Gasteiger partial charge in [-0.25, -0.2) is 14.4 Å². The summed E-state index contributed by atoms with van der Waals surface area (Å²) in [6, 6.07) is 2.96. The molecule has 1 aromatic carbocycles. The van der Waals surface area contributed by atoms with Gasteiger partial charge in [-0.2, -0.15) is 0 Å². The van der Waals surface area contributed by atoms with Gasteiger partial charge < -0.3 is 38.9 Å². The molecule has 65 heavy (non-hydrogen) atoms. The molecule has 1 aromatic rings. The van der Waals surface area contributed by atoms with Crippen molar-refractivity contribution in [3.8, 4) is 0 Å². The number of carbonyl (C=O) groups is 7. The van der Waals surface area contributed by atoms with Gasteiger partial charge in [0.15, 0.2) is 11.6 Å². The van der Waals surface area contributed by atoms with Crippen molar-refractivity contribution >= 4 is 47.2 Å². The van der Waals surface area contributed by atoms with Crippen LogP contribution in [-0.2, 0) is 33.4 Å². The Hall–Kier alpha value is -5.65. The lowest BCUT2D eigenvalue weighted by atomic mass is 9.92. The number of esters is 3. The van der Waals surface area contributed by atoms with Crippen LogP contribution in [0.2, 0.25) is 0 Å². The summed E-state index contributed by atoms with van der Waals surface area (Å²) in [7, 11) is 3.41. The highest BCUT2D eigenvalue weighted by atomic mass is 16.6. The average Bonchev–Trinajstić information content (AvgIpc) is 4.05. The number of nitro groups is 1. The van der Waals surface area contributed by atoms with E-state index in [-0.39, 0.29) is 105 Å². The zero-order valence-electron chi connectivity index (χ0n) is 37.9. The Bertz CT molecular complexity index is 2040. The number of fused-ring (bicyclic) bond motifs is 4. The van der Waals surface area contributed by atoms with Crippen LogP contribution in [0, 0.1) is 32.8 Å². The van der Waals surface area contributed by atoms with Gasteiger partial charge >= 0.3 is 30.0 Å². The van der Waals surface area contributed by atoms with Gasteiger partial charge in [0.1, 0.15) is 6.10 Å². The van der Waals surface area contributed by atoms with Gasteiger partial charge in [-0.05, 0) is 89.2 Å². The first-order valence-electron chi connectivity index (χ1n) is 22.9. The Morgan fingerprint density at radius 2 is 1.22 bits per heavy atom. The molecule has 0 spiro atoms. The predicted octanol–water partition coefficient (Wildman–Crippen LogP) is 5.26. The van der Waals surface area contributed by atoms with Gasteiger partial charge in [-0.1, -0.05) is 24.3 Å². The fourth-order valence-electron chi connectivity index (χ4n) is 9.64. The largest absolute Gasteiger partial charge is 0.466 e. The molecule has 7 rings (SSSR count). The Balaban J connectivity index is 0.000000228. The van der Waals surface area contributed by atoms with Crippen LogP contribution in [-0.4, -0.2) is 149 Å². The van der Waals surface area contributed by atoms with E-state index in [2.05, 4.69) is 6.08 Å². The zero-order chi connectivity index (χ0) is 47.1. The highest BCUT2D eigenvalue weighted by Crippen LogP contribution is 2.58. The number of aliphatic hydroxyl groups excluding tert-OH is 1. The number of ketones is 2. The molecular formula is C47H63N5O13. The molecule has 18 heteroatoms. The molecule has 2 saturated heterocycles. The maximum Gasteiger partial charge on any atom is 0.338 e. The maximum atomic E-state index is 13.6. The Kier molecular flexibility index (Phi) is 15.8. The monoisotopic (exact) mass is 905 g/mol. The number of nitro benzene ring substituents is 1. The molecule has 0 radical (unpaired) electrons. The number of carbonyl (C=O) groups excluding carboxylic acids is 7. The van der Waals surface area contributed by atoms with Crippen molar-refractivity contribution in [3.63, 3.8) is 0 Å². The van der Waals surface area contributed by atoms with Gasteiger partial charge in [0, 0.05) is 71.5 Å². The summed E-state index contributed by atoms with van der Waals surface area (Å²) in [6.45, 7) is 5.32. The summed E-state index contributed by atoms with van der Waals surface area (Å²) in [6.07, 6.45) is 13.4. The van der Waals surface area contributed by atoms with Crippen LogP contribution in [0.4, 0.5) is 15.3 Å². The zero-order valence-corrected chi connectivity index (χ0v) is 37.9. The lowest BCUT2D eigenvalue weighted by Gasteiger charge is -2.29. The molecule has 0 aromatic heterocycles. The fraction of sp³-hybridized carbons (Fsp3) is 0.638. The Morgan fingerprint density at radius 1 is 0.738 bits per heavy atom. The number of Topliss-reactive ketones (excluding diaryl/α,β-unsaturated/α-hetero) is 2. The molecule has 2 saturated carbocycles. The second-order valence-electron chi connectivity index (χ2n) is 18.2. The number of benzene rings is 1. The van der Waals surface area contributed by atoms with Crippen molar-refractivity contribution in [2.24, 2.45) is 22.7 Å². The van der Waals surface area contributed by atoms with Crippen molar-refractivity contribution in [2.45, 2.75) is 115 Å². The normalized spacial score (nSPS) is 31.6. The van der Waals surface area contributed by atoms with E-state index in [4.69, 9.17) is 14.2 Å². The smallest absolute Gasteiger partial charge is 0.338 e. The van der Waals surface area contributed by atoms with Crippen LogP contribution in [0.3, 0.4) is 0 Å². The van der Waals surface area contributed by atoms with Crippen molar-refractivity contribution in [3.05, 3.63) is 64.2 Å². The molecule has 2 aliphatic carbocycles. The van der Waals surface area contributed by atoms with Crippen LogP contribution in [0.25, 0.3) is 0 Å². The molecule has 1 N–H and O–H groups in total. The molecule has 0 unspecified atom stereocenters. The minimum Gasteiger partial charge on any atom is -0.466 e. The minimum atomic E-state index is -0.929. The Morgan fingerprint density at radius 3 is 1.69 bits per heavy atom. The van der Waals surface area contributed by atoms with Gasteiger partial charge in [0.2, 0.25) is 0 Å². The van der Waals surface area contributed by atoms with Crippen molar-refractivity contribution in [1.82, 2.24) is 19.6 Å². The number of ether oxygens (including phenoxy) is 3. The third kappa shape index (κ3) is 11.2. The lowest BCUT2D eigenvalue weighted by molar-refractivity contribution is -0.384. The highest BCUT2D eigenvalue weighted by Gasteiger charge is 2.63. The number of amides is 4. The standard InChI is InChI=1S/C27H33N3O8.C20H30N2O5/c1-3-37-25(33)27-15-19(27)8-6-4-5-7-13-28(2)26(34)29-17-21(14-22(29)23(31)16-27)38-24(32)18-9-11-20(12-10-18)30(35)36;1-3-27-18(25)20-11-14(20)8-6-4-5-7-9-21(2)19(26)22-13-15(23)10-16(22)17(24)12-20/h6,8-12,19,21-22H,3-5,7,13-17H2,1-2H3;6,8,14-16,23H,3-5,7,9-13H2,1-2H3/b2*8-6-/t19-,21+,22+,27-;14-,15+,16+,20-/m11/s1. The van der Waals surface area contributed by atoms with Gasteiger partial charge in [0.25, 0.3) is 5.69 Å². The van der Waals surface area contributed by atoms with Gasteiger partial charge in [-0.15, -0.1) is 0 Å². The van der Waals surface area contributed by atoms with Crippen LogP contribution in [0.15, 0.2) is 48.6 Å². The quantitative estimate of drug-likeness (QED) is 0.121. The molecule has 8 atom stereocenters. The number of aliphatic hydroxyl groups is 1. The number of nitrogens with zero attached hydrogens (tertiary/aromatic N) is 5. The first-order valence-corrected chi connectivity index (χ1v) is 22.9. The van der Waals surface area contributed by atoms with Crippen LogP contribution < -0.4 is 0 Å². The van der Waals surface area contributed by atoms with Gasteiger partial charge in [-0.3, -0.25) is 29.3 Å². The number of rotatable bonds is 7. The lowest BCUT2D eigenvalue weighted by Crippen LogP contribution is -2.48. The van der Waals surface area contributed by atoms with Crippen molar-refractivity contribution < 1.29 is 57.8 Å². The van der Waals surface area contributed by atoms with Crippen LogP contribution in [0.1, 0.15) is 101 Å². The van der Waals surface area contributed by atoms with Gasteiger partial charge in [0.05, 0.1) is 59.3 Å². The molecule has 4 amide bonds. The van der Waals surface area contributed by atoms with Crippen molar-refractivity contribution in [2.75, 3.05) is 53.5 Å². The predicted molar refractivity (Wildman–Crippen MR) is 234 cm³/mol. The maximum absolute atomic E-state index is 13.6. The molecule has 18 nitrogen and oxygen atoms in total. The summed E-state index contributed by atoms with van der Waals surface area (Å²) < 4.78 is 16.2. The number of hydrogen-bond donors (Lipinski definition) is 1. The SMILES string of the molecule is CCOC(=O)[C@]12CC(=O)[C@@H]3C[C@H](O)CN3C(=O)N(C)CCCC/C=C\[C@@H]1C2.CCOC(=O)[C@]12CC(=O)[C@@H]3C[C@H](OC(=O)c4ccc([N+](=O)[O-])cc4)CN3C(=O)N(C)CCCC/C=C\[C@@H]1C2. The molecular weight excluding hydrogens is 843 g/mol. The molecule has 6 aliphatic rings. The highest BCUT2D eigenvalue weighted by molar-refractivity contribution is 5.96. The molecule has 354 valence electrons. The van der Waals surface area contributed by atoms with E-state index >= 15 is 0 Å². The third-order valence-electron chi connectivity index (χ3n) is 13.6. The third-order valence-corrected chi connectivity index (χ3v) is 13.6. The number of allylic oxidation sites excluding steroid dienone is 4. The second-order valence-corrected chi connectivity index (χ2v) is 18.2. The fourth-order valence-corrected chi connectivity index (χ4v) is 9.64. The second kappa shape index (κ2) is 21.1. The minimum absolute atomic E-state index is 0.0154. The van der Waals surface area contributed by atoms with Crippen LogP contribution in [0.5, 0.6) is 0 Å². The number of urea groups is 2. The topological polar surface area (TPSA) is 224 Å². The van der Waals surface area contributed by atoms with Crippen molar-refractivity contribution in [1.29, 1.82) is 0 Å². The van der Waals surface area contributed by atoms with E-state index in [9.17, 15) is 48.8 Å². The first kappa shape index (κ1) is 48.8. The summed E-state index contributed by atoms with van der Waals surface area (Å²) >= 11 is 0. The summed E-state index contributed by atoms with van der Waals surface area (Å²) in [5, 5.41) is 21.0. The average molecular weight is 906 g/mol.